The van der Waals surface area contributed by atoms with Crippen LogP contribution < -0.4 is 0 Å². The summed E-state index contributed by atoms with van der Waals surface area (Å²) >= 11 is 0. The molecule has 2 aromatic rings. The minimum absolute atomic E-state index is 0.385. The molecule has 0 radical (unpaired) electrons. The highest BCUT2D eigenvalue weighted by molar-refractivity contribution is 5.88. The molecule has 94 valence electrons. The maximum absolute atomic E-state index is 11.3. The van der Waals surface area contributed by atoms with Gasteiger partial charge >= 0.3 is 5.97 Å². The maximum atomic E-state index is 11.3. The van der Waals surface area contributed by atoms with Gasteiger partial charge in [-0.15, -0.1) is 0 Å². The fourth-order valence-electron chi connectivity index (χ4n) is 2.29. The number of aryl methyl sites for hydroxylation is 3. The van der Waals surface area contributed by atoms with Gasteiger partial charge in [-0.3, -0.25) is 0 Å². The number of carbonyl (C=O) groups is 1. The van der Waals surface area contributed by atoms with Gasteiger partial charge in [-0.25, -0.2) is 4.79 Å². The first kappa shape index (κ1) is 12.4. The van der Waals surface area contributed by atoms with Crippen molar-refractivity contribution >= 4 is 5.97 Å². The van der Waals surface area contributed by atoms with Crippen molar-refractivity contribution in [2.24, 2.45) is 0 Å². The number of carboxylic acids is 1. The molecule has 0 unspecified atom stereocenters. The van der Waals surface area contributed by atoms with Crippen LogP contribution in [0.2, 0.25) is 0 Å². The molecular formula is C15H17NO2. The van der Waals surface area contributed by atoms with Crippen LogP contribution in [0, 0.1) is 20.8 Å². The van der Waals surface area contributed by atoms with Crippen LogP contribution in [0.15, 0.2) is 30.3 Å². The normalized spacial score (nSPS) is 10.6. The van der Waals surface area contributed by atoms with Crippen molar-refractivity contribution in [1.82, 2.24) is 4.57 Å². The molecule has 3 nitrogen and oxygen atoms in total. The Morgan fingerprint density at radius 2 is 1.83 bits per heavy atom. The Morgan fingerprint density at radius 3 is 2.44 bits per heavy atom. The molecule has 1 aromatic heterocycles. The first-order chi connectivity index (χ1) is 8.50. The van der Waals surface area contributed by atoms with E-state index in [1.165, 1.54) is 5.56 Å². The molecule has 0 aliphatic rings. The second-order valence-electron chi connectivity index (χ2n) is 4.64. The molecule has 0 spiro atoms. The first-order valence-corrected chi connectivity index (χ1v) is 5.95. The third-order valence-electron chi connectivity index (χ3n) is 3.29. The summed E-state index contributed by atoms with van der Waals surface area (Å²) in [5, 5.41) is 9.29. The topological polar surface area (TPSA) is 42.2 Å². The molecule has 0 saturated carbocycles. The van der Waals surface area contributed by atoms with Gasteiger partial charge < -0.3 is 9.67 Å². The second-order valence-corrected chi connectivity index (χ2v) is 4.64. The van der Waals surface area contributed by atoms with Crippen molar-refractivity contribution in [1.29, 1.82) is 0 Å². The molecular weight excluding hydrogens is 226 g/mol. The molecule has 0 amide bonds. The van der Waals surface area contributed by atoms with E-state index in [1.807, 2.05) is 55.7 Å². The number of rotatable bonds is 3. The largest absolute Gasteiger partial charge is 0.477 e. The molecule has 3 heteroatoms. The van der Waals surface area contributed by atoms with E-state index in [1.54, 1.807) is 0 Å². The Balaban J connectivity index is 2.47. The lowest BCUT2D eigenvalue weighted by molar-refractivity contribution is 0.0684. The van der Waals surface area contributed by atoms with Gasteiger partial charge in [0.2, 0.25) is 0 Å². The van der Waals surface area contributed by atoms with E-state index in [2.05, 4.69) is 0 Å². The van der Waals surface area contributed by atoms with Crippen LogP contribution in [-0.2, 0) is 6.54 Å². The fourth-order valence-corrected chi connectivity index (χ4v) is 2.29. The number of hydrogen-bond acceptors (Lipinski definition) is 1. The van der Waals surface area contributed by atoms with Crippen LogP contribution in [0.3, 0.4) is 0 Å². The number of carboxylic acid groups (broad SMARTS) is 1. The summed E-state index contributed by atoms with van der Waals surface area (Å²) in [4.78, 5) is 11.3. The quantitative estimate of drug-likeness (QED) is 0.899. The van der Waals surface area contributed by atoms with Crippen LogP contribution in [0.1, 0.15) is 32.9 Å². The van der Waals surface area contributed by atoms with E-state index >= 15 is 0 Å². The lowest BCUT2D eigenvalue weighted by atomic mass is 10.1. The predicted molar refractivity (Wildman–Crippen MR) is 71.1 cm³/mol. The molecule has 1 N–H and O–H groups in total. The Labute approximate surface area is 107 Å². The summed E-state index contributed by atoms with van der Waals surface area (Å²) in [6.07, 6.45) is 0. The number of hydrogen-bond donors (Lipinski definition) is 1. The van der Waals surface area contributed by atoms with E-state index < -0.39 is 5.97 Å². The third kappa shape index (κ3) is 2.16. The van der Waals surface area contributed by atoms with Gasteiger partial charge in [0.1, 0.15) is 5.69 Å². The molecule has 0 saturated heterocycles. The number of benzene rings is 1. The number of aromatic nitrogens is 1. The highest BCUT2D eigenvalue weighted by Gasteiger charge is 2.16. The zero-order valence-electron chi connectivity index (χ0n) is 10.9. The van der Waals surface area contributed by atoms with E-state index in [4.69, 9.17) is 0 Å². The molecule has 0 fully saturated rings. The second kappa shape index (κ2) is 4.69. The molecule has 1 heterocycles. The van der Waals surface area contributed by atoms with Crippen LogP contribution >= 0.6 is 0 Å². The van der Waals surface area contributed by atoms with Gasteiger partial charge in [0.05, 0.1) is 0 Å². The SMILES string of the molecule is Cc1ccccc1Cn1c(C)cc(C)c1C(=O)O. The van der Waals surface area contributed by atoms with E-state index in [9.17, 15) is 9.90 Å². The summed E-state index contributed by atoms with van der Waals surface area (Å²) in [6, 6.07) is 9.97. The Kier molecular flexibility index (Phi) is 3.24. The minimum atomic E-state index is -0.866. The Morgan fingerprint density at radius 1 is 1.17 bits per heavy atom. The highest BCUT2D eigenvalue weighted by atomic mass is 16.4. The molecule has 0 atom stereocenters. The van der Waals surface area contributed by atoms with E-state index in [0.29, 0.717) is 12.2 Å². The number of aromatic carboxylic acids is 1. The van der Waals surface area contributed by atoms with Gasteiger partial charge in [0, 0.05) is 12.2 Å². The Bertz CT molecular complexity index is 597. The van der Waals surface area contributed by atoms with Crippen molar-refractivity contribution in [2.45, 2.75) is 27.3 Å². The summed E-state index contributed by atoms with van der Waals surface area (Å²) in [6.45, 7) is 6.43. The fraction of sp³-hybridized carbons (Fsp3) is 0.267. The van der Waals surface area contributed by atoms with Crippen molar-refractivity contribution in [3.8, 4) is 0 Å². The summed E-state index contributed by atoms with van der Waals surface area (Å²) in [5.41, 5.74) is 4.51. The summed E-state index contributed by atoms with van der Waals surface area (Å²) in [5.74, 6) is -0.866. The number of nitrogens with zero attached hydrogens (tertiary/aromatic N) is 1. The zero-order valence-corrected chi connectivity index (χ0v) is 10.9. The highest BCUT2D eigenvalue weighted by Crippen LogP contribution is 2.18. The lowest BCUT2D eigenvalue weighted by Gasteiger charge is -2.11. The minimum Gasteiger partial charge on any atom is -0.477 e. The van der Waals surface area contributed by atoms with E-state index in [0.717, 1.165) is 16.8 Å². The van der Waals surface area contributed by atoms with Gasteiger partial charge in [-0.05, 0) is 43.5 Å². The third-order valence-corrected chi connectivity index (χ3v) is 3.29. The Hall–Kier alpha value is -2.03. The standard InChI is InChI=1S/C15H17NO2/c1-10-6-4-5-7-13(10)9-16-12(3)8-11(2)14(16)15(17)18/h4-8H,9H2,1-3H3,(H,17,18). The predicted octanol–water partition coefficient (Wildman–Crippen LogP) is 3.16. The van der Waals surface area contributed by atoms with Crippen LogP contribution in [0.25, 0.3) is 0 Å². The molecule has 0 aliphatic carbocycles. The van der Waals surface area contributed by atoms with Crippen molar-refractivity contribution in [3.63, 3.8) is 0 Å². The van der Waals surface area contributed by atoms with E-state index in [-0.39, 0.29) is 0 Å². The summed E-state index contributed by atoms with van der Waals surface area (Å²) in [7, 11) is 0. The molecule has 2 rings (SSSR count). The zero-order chi connectivity index (χ0) is 13.3. The van der Waals surface area contributed by atoms with Gasteiger partial charge in [0.25, 0.3) is 0 Å². The monoisotopic (exact) mass is 243 g/mol. The lowest BCUT2D eigenvalue weighted by Crippen LogP contribution is -2.12. The van der Waals surface area contributed by atoms with Gasteiger partial charge in [-0.2, -0.15) is 0 Å². The van der Waals surface area contributed by atoms with Crippen LogP contribution in [-0.4, -0.2) is 15.6 Å². The van der Waals surface area contributed by atoms with Crippen molar-refractivity contribution < 1.29 is 9.90 Å². The smallest absolute Gasteiger partial charge is 0.352 e. The van der Waals surface area contributed by atoms with Crippen LogP contribution in [0.4, 0.5) is 0 Å². The van der Waals surface area contributed by atoms with Gasteiger partial charge in [-0.1, -0.05) is 24.3 Å². The first-order valence-electron chi connectivity index (χ1n) is 5.95. The van der Waals surface area contributed by atoms with Crippen molar-refractivity contribution in [2.75, 3.05) is 0 Å². The maximum Gasteiger partial charge on any atom is 0.352 e. The molecule has 0 aliphatic heterocycles. The summed E-state index contributed by atoms with van der Waals surface area (Å²) < 4.78 is 1.86. The average Bonchev–Trinajstić information content (AvgIpc) is 2.57. The molecule has 0 bridgehead atoms. The van der Waals surface area contributed by atoms with Gasteiger partial charge in [0.15, 0.2) is 0 Å². The molecule has 1 aromatic carbocycles. The average molecular weight is 243 g/mol. The molecule has 18 heavy (non-hydrogen) atoms. The van der Waals surface area contributed by atoms with Crippen molar-refractivity contribution in [3.05, 3.63) is 58.4 Å². The van der Waals surface area contributed by atoms with Crippen LogP contribution in [0.5, 0.6) is 0 Å².